The molecule has 1 aromatic rings. The van der Waals surface area contributed by atoms with Crippen LogP contribution in [0.15, 0.2) is 22.7 Å². The van der Waals surface area contributed by atoms with E-state index in [4.69, 9.17) is 5.14 Å². The highest BCUT2D eigenvalue weighted by atomic mass is 79.9. The van der Waals surface area contributed by atoms with Crippen LogP contribution in [0.25, 0.3) is 0 Å². The third-order valence-electron chi connectivity index (χ3n) is 2.52. The topological polar surface area (TPSA) is 60.2 Å². The van der Waals surface area contributed by atoms with Gasteiger partial charge in [0.25, 0.3) is 0 Å². The van der Waals surface area contributed by atoms with Crippen LogP contribution in [0.4, 0.5) is 0 Å². The molecule has 0 saturated heterocycles. The van der Waals surface area contributed by atoms with Crippen molar-refractivity contribution in [2.45, 2.75) is 18.1 Å². The predicted molar refractivity (Wildman–Crippen MR) is 58.3 cm³/mol. The van der Waals surface area contributed by atoms with E-state index >= 15 is 0 Å². The summed E-state index contributed by atoms with van der Waals surface area (Å²) in [5.74, 6) is 0. The Balaban J connectivity index is 2.51. The average Bonchev–Trinajstić information content (AvgIpc) is 2.45. The molecule has 0 aliphatic heterocycles. The number of benzene rings is 1. The van der Waals surface area contributed by atoms with E-state index in [1.165, 1.54) is 0 Å². The first-order chi connectivity index (χ1) is 6.48. The molecule has 0 spiro atoms. The lowest BCUT2D eigenvalue weighted by atomic mass is 10.1. The molecule has 14 heavy (non-hydrogen) atoms. The molecule has 0 heterocycles. The van der Waals surface area contributed by atoms with Gasteiger partial charge in [0.05, 0.1) is 0 Å². The summed E-state index contributed by atoms with van der Waals surface area (Å²) in [7, 11) is -3.44. The van der Waals surface area contributed by atoms with E-state index in [1.807, 2.05) is 18.2 Å². The fourth-order valence-electron chi connectivity index (χ4n) is 1.89. The van der Waals surface area contributed by atoms with Crippen LogP contribution in [-0.4, -0.2) is 8.42 Å². The number of nitrogens with two attached hydrogens (primary N) is 1. The molecular weight excluding hydrogens is 266 g/mol. The highest BCUT2D eigenvalue weighted by molar-refractivity contribution is 9.10. The monoisotopic (exact) mass is 275 g/mol. The van der Waals surface area contributed by atoms with Crippen LogP contribution in [0.1, 0.15) is 22.8 Å². The molecule has 1 aromatic carbocycles. The van der Waals surface area contributed by atoms with E-state index in [0.717, 1.165) is 22.0 Å². The minimum atomic E-state index is -3.44. The van der Waals surface area contributed by atoms with Crippen molar-refractivity contribution in [2.75, 3.05) is 0 Å². The molecule has 0 saturated carbocycles. The molecule has 0 bridgehead atoms. The molecule has 5 heteroatoms. The van der Waals surface area contributed by atoms with E-state index < -0.39 is 15.3 Å². The number of fused-ring (bicyclic) bond motifs is 1. The van der Waals surface area contributed by atoms with E-state index in [1.54, 1.807) is 0 Å². The lowest BCUT2D eigenvalue weighted by Gasteiger charge is -2.08. The molecule has 0 fully saturated rings. The van der Waals surface area contributed by atoms with E-state index in [9.17, 15) is 8.42 Å². The summed E-state index contributed by atoms with van der Waals surface area (Å²) in [6.07, 6.45) is 1.39. The Morgan fingerprint density at radius 2 is 2.14 bits per heavy atom. The van der Waals surface area contributed by atoms with Crippen molar-refractivity contribution >= 4 is 26.0 Å². The Kier molecular flexibility index (Phi) is 2.41. The molecule has 0 aromatic heterocycles. The predicted octanol–water partition coefficient (Wildman–Crippen LogP) is 1.72. The largest absolute Gasteiger partial charge is 0.228 e. The van der Waals surface area contributed by atoms with Crippen molar-refractivity contribution in [2.24, 2.45) is 5.14 Å². The van der Waals surface area contributed by atoms with Crippen LogP contribution in [0, 0.1) is 0 Å². The molecule has 1 atom stereocenters. The number of halogens is 1. The van der Waals surface area contributed by atoms with Gasteiger partial charge in [0.15, 0.2) is 0 Å². The Labute approximate surface area is 91.5 Å². The van der Waals surface area contributed by atoms with Crippen molar-refractivity contribution in [3.63, 3.8) is 0 Å². The molecule has 2 N–H and O–H groups in total. The van der Waals surface area contributed by atoms with Crippen LogP contribution < -0.4 is 5.14 Å². The van der Waals surface area contributed by atoms with Gasteiger partial charge in [-0.15, -0.1) is 0 Å². The van der Waals surface area contributed by atoms with Crippen molar-refractivity contribution in [3.8, 4) is 0 Å². The highest BCUT2D eigenvalue weighted by Crippen LogP contribution is 2.36. The van der Waals surface area contributed by atoms with Crippen LogP contribution in [0.3, 0.4) is 0 Å². The second-order valence-electron chi connectivity index (χ2n) is 3.46. The standard InChI is InChI=1S/C9H10BrNO2S/c10-7-2-3-8-6(5-7)1-4-9(8)14(11,12)13/h2-3,5,9H,1,4H2,(H2,11,12,13). The maximum atomic E-state index is 11.2. The Morgan fingerprint density at radius 1 is 1.43 bits per heavy atom. The zero-order valence-electron chi connectivity index (χ0n) is 7.40. The van der Waals surface area contributed by atoms with Gasteiger partial charge in [0.2, 0.25) is 10.0 Å². The molecule has 0 amide bonds. The zero-order valence-corrected chi connectivity index (χ0v) is 9.81. The summed E-state index contributed by atoms with van der Waals surface area (Å²) in [4.78, 5) is 0. The van der Waals surface area contributed by atoms with E-state index in [-0.39, 0.29) is 0 Å². The van der Waals surface area contributed by atoms with Crippen LogP contribution in [0.5, 0.6) is 0 Å². The van der Waals surface area contributed by atoms with Crippen molar-refractivity contribution < 1.29 is 8.42 Å². The number of sulfonamides is 1. The quantitative estimate of drug-likeness (QED) is 0.849. The van der Waals surface area contributed by atoms with E-state index in [2.05, 4.69) is 15.9 Å². The first-order valence-electron chi connectivity index (χ1n) is 4.28. The second kappa shape index (κ2) is 3.32. The number of hydrogen-bond donors (Lipinski definition) is 1. The SMILES string of the molecule is NS(=O)(=O)C1CCc2cc(Br)ccc21. The maximum Gasteiger partial charge on any atom is 0.216 e. The van der Waals surface area contributed by atoms with Crippen molar-refractivity contribution in [1.29, 1.82) is 0 Å². The van der Waals surface area contributed by atoms with Gasteiger partial charge in [-0.05, 0) is 36.1 Å². The fraction of sp³-hybridized carbons (Fsp3) is 0.333. The molecule has 2 rings (SSSR count). The van der Waals surface area contributed by atoms with Gasteiger partial charge < -0.3 is 0 Å². The number of rotatable bonds is 1. The molecule has 3 nitrogen and oxygen atoms in total. The van der Waals surface area contributed by atoms with Gasteiger partial charge in [-0.2, -0.15) is 0 Å². The highest BCUT2D eigenvalue weighted by Gasteiger charge is 2.30. The zero-order chi connectivity index (χ0) is 10.3. The summed E-state index contributed by atoms with van der Waals surface area (Å²) in [6, 6.07) is 5.64. The number of primary sulfonamides is 1. The summed E-state index contributed by atoms with van der Waals surface area (Å²) in [6.45, 7) is 0. The summed E-state index contributed by atoms with van der Waals surface area (Å²) >= 11 is 3.35. The lowest BCUT2D eigenvalue weighted by molar-refractivity contribution is 0.582. The minimum absolute atomic E-state index is 0.509. The summed E-state index contributed by atoms with van der Waals surface area (Å²) in [5.41, 5.74) is 1.94. The Morgan fingerprint density at radius 3 is 2.79 bits per heavy atom. The van der Waals surface area contributed by atoms with Gasteiger partial charge in [0.1, 0.15) is 5.25 Å². The molecule has 76 valence electrons. The van der Waals surface area contributed by atoms with Crippen LogP contribution in [-0.2, 0) is 16.4 Å². The van der Waals surface area contributed by atoms with Gasteiger partial charge >= 0.3 is 0 Å². The van der Waals surface area contributed by atoms with Gasteiger partial charge in [-0.25, -0.2) is 13.6 Å². The average molecular weight is 276 g/mol. The van der Waals surface area contributed by atoms with Crippen molar-refractivity contribution in [1.82, 2.24) is 0 Å². The van der Waals surface area contributed by atoms with Gasteiger partial charge in [0, 0.05) is 4.47 Å². The lowest BCUT2D eigenvalue weighted by Crippen LogP contribution is -2.19. The minimum Gasteiger partial charge on any atom is -0.228 e. The maximum absolute atomic E-state index is 11.2. The van der Waals surface area contributed by atoms with Crippen LogP contribution >= 0.6 is 15.9 Å². The first kappa shape index (κ1) is 10.1. The van der Waals surface area contributed by atoms with Crippen molar-refractivity contribution in [3.05, 3.63) is 33.8 Å². The smallest absolute Gasteiger partial charge is 0.216 e. The summed E-state index contributed by atoms with van der Waals surface area (Å²) < 4.78 is 23.5. The third kappa shape index (κ3) is 1.71. The molecule has 0 radical (unpaired) electrons. The summed E-state index contributed by atoms with van der Waals surface area (Å²) in [5, 5.41) is 4.65. The Bertz CT molecular complexity index is 470. The normalized spacial score (nSPS) is 20.9. The molecule has 1 aliphatic carbocycles. The number of hydrogen-bond acceptors (Lipinski definition) is 2. The molecule has 1 aliphatic rings. The van der Waals surface area contributed by atoms with Gasteiger partial charge in [-0.3, -0.25) is 0 Å². The first-order valence-corrected chi connectivity index (χ1v) is 6.68. The van der Waals surface area contributed by atoms with Crippen LogP contribution in [0.2, 0.25) is 0 Å². The number of aryl methyl sites for hydroxylation is 1. The Hall–Kier alpha value is -0.390. The van der Waals surface area contributed by atoms with Gasteiger partial charge in [-0.1, -0.05) is 22.0 Å². The third-order valence-corrected chi connectivity index (χ3v) is 4.30. The van der Waals surface area contributed by atoms with E-state index in [0.29, 0.717) is 6.42 Å². The second-order valence-corrected chi connectivity index (χ2v) is 6.12. The molecular formula is C9H10BrNO2S. The fourth-order valence-corrected chi connectivity index (χ4v) is 3.33. The molecule has 1 unspecified atom stereocenters.